The van der Waals surface area contributed by atoms with E-state index in [-0.39, 0.29) is 11.6 Å². The molecular formula is C17H28N2O. The predicted molar refractivity (Wildman–Crippen MR) is 79.3 cm³/mol. The van der Waals surface area contributed by atoms with Crippen molar-refractivity contribution in [2.45, 2.75) is 69.9 Å². The number of piperidine rings is 1. The Hall–Kier alpha value is -0.570. The molecule has 5 aliphatic rings. The van der Waals surface area contributed by atoms with Crippen LogP contribution < -0.4 is 5.32 Å². The van der Waals surface area contributed by atoms with Crippen LogP contribution in [0, 0.1) is 17.8 Å². The van der Waals surface area contributed by atoms with E-state index in [1.165, 1.54) is 44.9 Å². The molecule has 0 aromatic rings. The van der Waals surface area contributed by atoms with Crippen molar-refractivity contribution in [2.24, 2.45) is 17.8 Å². The monoisotopic (exact) mass is 276 g/mol. The van der Waals surface area contributed by atoms with Gasteiger partial charge in [-0.1, -0.05) is 6.92 Å². The van der Waals surface area contributed by atoms with E-state index in [0.29, 0.717) is 5.91 Å². The summed E-state index contributed by atoms with van der Waals surface area (Å²) in [5.74, 6) is 3.19. The van der Waals surface area contributed by atoms with Gasteiger partial charge in [-0.15, -0.1) is 0 Å². The van der Waals surface area contributed by atoms with Crippen molar-refractivity contribution in [3.63, 3.8) is 0 Å². The lowest BCUT2D eigenvalue weighted by Gasteiger charge is -2.61. The third kappa shape index (κ3) is 1.93. The van der Waals surface area contributed by atoms with Crippen LogP contribution >= 0.6 is 0 Å². The Labute approximate surface area is 122 Å². The first-order valence-electron chi connectivity index (χ1n) is 8.75. The standard InChI is InChI=1S/C17H28N2O/c1-2-18-15-4-3-5-19(16(15)20)17-9-12-6-13(10-17)8-14(7-12)11-17/h12-15,18H,2-11H2,1H3. The van der Waals surface area contributed by atoms with E-state index in [4.69, 9.17) is 0 Å². The van der Waals surface area contributed by atoms with Crippen molar-refractivity contribution in [3.05, 3.63) is 0 Å². The van der Waals surface area contributed by atoms with Gasteiger partial charge in [0.1, 0.15) is 0 Å². The fraction of sp³-hybridized carbons (Fsp3) is 0.941. The second kappa shape index (κ2) is 4.72. The van der Waals surface area contributed by atoms with Crippen molar-refractivity contribution < 1.29 is 4.79 Å². The quantitative estimate of drug-likeness (QED) is 0.859. The van der Waals surface area contributed by atoms with Gasteiger partial charge in [-0.05, 0) is 75.7 Å². The number of likely N-dealkylation sites (N-methyl/N-ethyl adjacent to an activating group) is 1. The van der Waals surface area contributed by atoms with Gasteiger partial charge in [0.2, 0.25) is 5.91 Å². The number of likely N-dealkylation sites (tertiary alicyclic amines) is 1. The van der Waals surface area contributed by atoms with Crippen LogP contribution in [-0.4, -0.2) is 35.5 Å². The summed E-state index contributed by atoms with van der Waals surface area (Å²) in [7, 11) is 0. The van der Waals surface area contributed by atoms with Gasteiger partial charge in [-0.25, -0.2) is 0 Å². The Bertz CT molecular complexity index is 369. The third-order valence-corrected chi connectivity index (χ3v) is 6.47. The molecular weight excluding hydrogens is 248 g/mol. The van der Waals surface area contributed by atoms with Crippen molar-refractivity contribution in [1.82, 2.24) is 10.2 Å². The largest absolute Gasteiger partial charge is 0.336 e. The zero-order valence-corrected chi connectivity index (χ0v) is 12.7. The van der Waals surface area contributed by atoms with E-state index in [9.17, 15) is 4.79 Å². The molecule has 20 heavy (non-hydrogen) atoms. The summed E-state index contributed by atoms with van der Waals surface area (Å²) < 4.78 is 0. The highest BCUT2D eigenvalue weighted by atomic mass is 16.2. The van der Waals surface area contributed by atoms with Crippen LogP contribution in [-0.2, 0) is 4.79 Å². The molecule has 4 saturated carbocycles. The molecule has 4 bridgehead atoms. The van der Waals surface area contributed by atoms with Gasteiger partial charge in [0.15, 0.2) is 0 Å². The van der Waals surface area contributed by atoms with E-state index in [0.717, 1.165) is 37.3 Å². The van der Waals surface area contributed by atoms with Crippen LogP contribution in [0.5, 0.6) is 0 Å². The summed E-state index contributed by atoms with van der Waals surface area (Å²) in [6.07, 6.45) is 10.5. The van der Waals surface area contributed by atoms with Crippen LogP contribution in [0.1, 0.15) is 58.3 Å². The molecule has 0 aromatic heterocycles. The van der Waals surface area contributed by atoms with Crippen molar-refractivity contribution >= 4 is 5.91 Å². The van der Waals surface area contributed by atoms with Crippen LogP contribution in [0.4, 0.5) is 0 Å². The average molecular weight is 276 g/mol. The maximum Gasteiger partial charge on any atom is 0.240 e. The summed E-state index contributed by atoms with van der Waals surface area (Å²) in [4.78, 5) is 15.2. The number of nitrogens with zero attached hydrogens (tertiary/aromatic N) is 1. The normalized spacial score (nSPS) is 47.0. The summed E-state index contributed by atoms with van der Waals surface area (Å²) in [5.41, 5.74) is 0.264. The summed E-state index contributed by atoms with van der Waals surface area (Å²) >= 11 is 0. The van der Waals surface area contributed by atoms with Crippen molar-refractivity contribution in [2.75, 3.05) is 13.1 Å². The van der Waals surface area contributed by atoms with Gasteiger partial charge in [-0.2, -0.15) is 0 Å². The third-order valence-electron chi connectivity index (χ3n) is 6.47. The van der Waals surface area contributed by atoms with Crippen LogP contribution in [0.25, 0.3) is 0 Å². The van der Waals surface area contributed by atoms with Gasteiger partial charge >= 0.3 is 0 Å². The Kier molecular flexibility index (Phi) is 3.10. The second-order valence-electron chi connectivity index (χ2n) is 7.88. The Morgan fingerprint density at radius 2 is 1.75 bits per heavy atom. The summed E-state index contributed by atoms with van der Waals surface area (Å²) in [6.45, 7) is 4.04. The van der Waals surface area contributed by atoms with E-state index in [1.54, 1.807) is 0 Å². The number of rotatable bonds is 3. The number of hydrogen-bond acceptors (Lipinski definition) is 2. The number of hydrogen-bond donors (Lipinski definition) is 1. The lowest BCUT2D eigenvalue weighted by atomic mass is 9.52. The summed E-state index contributed by atoms with van der Waals surface area (Å²) in [6, 6.07) is 0.0988. The molecule has 0 aromatic carbocycles. The first kappa shape index (κ1) is 13.1. The average Bonchev–Trinajstić information content (AvgIpc) is 2.39. The second-order valence-corrected chi connectivity index (χ2v) is 7.88. The van der Waals surface area contributed by atoms with Crippen LogP contribution in [0.3, 0.4) is 0 Å². The minimum Gasteiger partial charge on any atom is -0.336 e. The molecule has 1 heterocycles. The molecule has 3 nitrogen and oxygen atoms in total. The molecule has 1 atom stereocenters. The smallest absolute Gasteiger partial charge is 0.240 e. The molecule has 1 unspecified atom stereocenters. The fourth-order valence-corrected chi connectivity index (χ4v) is 6.18. The van der Waals surface area contributed by atoms with Crippen molar-refractivity contribution in [3.8, 4) is 0 Å². The maximum absolute atomic E-state index is 12.9. The lowest BCUT2D eigenvalue weighted by Crippen LogP contribution is -2.65. The van der Waals surface area contributed by atoms with Crippen LogP contribution in [0.15, 0.2) is 0 Å². The van der Waals surface area contributed by atoms with Crippen LogP contribution in [0.2, 0.25) is 0 Å². The molecule has 0 spiro atoms. The van der Waals surface area contributed by atoms with Gasteiger partial charge in [0, 0.05) is 12.1 Å². The van der Waals surface area contributed by atoms with E-state index in [2.05, 4.69) is 17.1 Å². The Balaban J connectivity index is 1.58. The molecule has 1 amide bonds. The molecule has 112 valence electrons. The lowest BCUT2D eigenvalue weighted by molar-refractivity contribution is -0.156. The molecule has 5 fully saturated rings. The van der Waals surface area contributed by atoms with E-state index < -0.39 is 0 Å². The number of nitrogens with one attached hydrogen (secondary N) is 1. The SMILES string of the molecule is CCNC1CCCN(C23CC4CC(CC(C4)C2)C3)C1=O. The topological polar surface area (TPSA) is 32.3 Å². The molecule has 3 heteroatoms. The Morgan fingerprint density at radius 1 is 1.15 bits per heavy atom. The van der Waals surface area contributed by atoms with Crippen molar-refractivity contribution in [1.29, 1.82) is 0 Å². The molecule has 1 aliphatic heterocycles. The number of amides is 1. The minimum absolute atomic E-state index is 0.0988. The Morgan fingerprint density at radius 3 is 2.30 bits per heavy atom. The molecule has 0 radical (unpaired) electrons. The summed E-state index contributed by atoms with van der Waals surface area (Å²) in [5, 5.41) is 3.41. The number of carbonyl (C=O) groups is 1. The highest BCUT2D eigenvalue weighted by Crippen LogP contribution is 2.58. The first-order valence-corrected chi connectivity index (χ1v) is 8.75. The number of carbonyl (C=O) groups excluding carboxylic acids is 1. The predicted octanol–water partition coefficient (Wildman–Crippen LogP) is 2.56. The first-order chi connectivity index (χ1) is 9.70. The molecule has 4 aliphatic carbocycles. The highest BCUT2D eigenvalue weighted by molar-refractivity contribution is 5.83. The zero-order chi connectivity index (χ0) is 13.7. The highest BCUT2D eigenvalue weighted by Gasteiger charge is 2.55. The molecule has 1 saturated heterocycles. The van der Waals surface area contributed by atoms with Gasteiger partial charge in [0.05, 0.1) is 6.04 Å². The zero-order valence-electron chi connectivity index (χ0n) is 12.7. The molecule has 5 rings (SSSR count). The fourth-order valence-electron chi connectivity index (χ4n) is 6.18. The van der Waals surface area contributed by atoms with E-state index in [1.807, 2.05) is 0 Å². The van der Waals surface area contributed by atoms with E-state index >= 15 is 0 Å². The van der Waals surface area contributed by atoms with Gasteiger partial charge < -0.3 is 10.2 Å². The van der Waals surface area contributed by atoms with Gasteiger partial charge in [0.25, 0.3) is 0 Å². The minimum atomic E-state index is 0.0988. The molecule has 1 N–H and O–H groups in total. The van der Waals surface area contributed by atoms with Gasteiger partial charge in [-0.3, -0.25) is 4.79 Å². The maximum atomic E-state index is 12.9.